The first-order valence-corrected chi connectivity index (χ1v) is 7.43. The number of hydrogen-bond acceptors (Lipinski definition) is 3. The van der Waals surface area contributed by atoms with Crippen LogP contribution in [0, 0.1) is 5.82 Å². The normalized spacial score (nSPS) is 12.6. The summed E-state index contributed by atoms with van der Waals surface area (Å²) in [5, 5.41) is 11.4. The van der Waals surface area contributed by atoms with E-state index in [9.17, 15) is 4.39 Å². The molecule has 1 unspecified atom stereocenters. The van der Waals surface area contributed by atoms with Gasteiger partial charge in [-0.1, -0.05) is 34.1 Å². The van der Waals surface area contributed by atoms with E-state index < -0.39 is 0 Å². The molecule has 0 spiro atoms. The lowest BCUT2D eigenvalue weighted by Crippen LogP contribution is -2.25. The fourth-order valence-corrected chi connectivity index (χ4v) is 2.43. The predicted molar refractivity (Wildman–Crippen MR) is 79.8 cm³/mol. The maximum Gasteiger partial charge on any atom is 0.129 e. The van der Waals surface area contributed by atoms with Crippen LogP contribution in [0.1, 0.15) is 30.6 Å². The molecular formula is C14H18BrFN4. The Balaban J connectivity index is 2.22. The molecule has 20 heavy (non-hydrogen) atoms. The summed E-state index contributed by atoms with van der Waals surface area (Å²) in [4.78, 5) is 0. The van der Waals surface area contributed by atoms with Gasteiger partial charge in [-0.3, -0.25) is 4.68 Å². The molecule has 0 fully saturated rings. The minimum absolute atomic E-state index is 0.0975. The van der Waals surface area contributed by atoms with E-state index in [2.05, 4.69) is 38.5 Å². The predicted octanol–water partition coefficient (Wildman–Crippen LogP) is 3.00. The van der Waals surface area contributed by atoms with Crippen LogP contribution >= 0.6 is 15.9 Å². The minimum atomic E-state index is -0.211. The Hall–Kier alpha value is -1.27. The van der Waals surface area contributed by atoms with Gasteiger partial charge < -0.3 is 5.32 Å². The summed E-state index contributed by atoms with van der Waals surface area (Å²) in [5.41, 5.74) is 1.51. The number of rotatable bonds is 6. The zero-order valence-electron chi connectivity index (χ0n) is 11.6. The van der Waals surface area contributed by atoms with Crippen LogP contribution < -0.4 is 5.32 Å². The van der Waals surface area contributed by atoms with Crippen LogP contribution in [0.25, 0.3) is 0 Å². The summed E-state index contributed by atoms with van der Waals surface area (Å²) in [5.74, 6) is -0.211. The van der Waals surface area contributed by atoms with Gasteiger partial charge in [-0.2, -0.15) is 0 Å². The first-order valence-electron chi connectivity index (χ1n) is 6.63. The van der Waals surface area contributed by atoms with Crippen molar-refractivity contribution in [2.24, 2.45) is 7.05 Å². The van der Waals surface area contributed by atoms with Gasteiger partial charge in [-0.05, 0) is 25.1 Å². The Kier molecular flexibility index (Phi) is 5.25. The number of aryl methyl sites for hydroxylation is 1. The third-order valence-corrected chi connectivity index (χ3v) is 3.54. The number of nitrogens with zero attached hydrogens (tertiary/aromatic N) is 3. The van der Waals surface area contributed by atoms with Crippen molar-refractivity contribution >= 4 is 15.9 Å². The van der Waals surface area contributed by atoms with E-state index >= 15 is 0 Å². The van der Waals surface area contributed by atoms with Crippen molar-refractivity contribution < 1.29 is 4.39 Å². The van der Waals surface area contributed by atoms with E-state index in [1.807, 2.05) is 25.4 Å². The summed E-state index contributed by atoms with van der Waals surface area (Å²) in [7, 11) is 1.82. The summed E-state index contributed by atoms with van der Waals surface area (Å²) in [6.07, 6.45) is 3.47. The van der Waals surface area contributed by atoms with Crippen LogP contribution in [-0.2, 0) is 13.5 Å². The molecular weight excluding hydrogens is 323 g/mol. The Morgan fingerprint density at radius 2 is 2.25 bits per heavy atom. The lowest BCUT2D eigenvalue weighted by molar-refractivity contribution is 0.493. The largest absolute Gasteiger partial charge is 0.310 e. The molecule has 6 heteroatoms. The van der Waals surface area contributed by atoms with Gasteiger partial charge in [0.2, 0.25) is 0 Å². The molecule has 108 valence electrons. The van der Waals surface area contributed by atoms with Gasteiger partial charge in [0.15, 0.2) is 0 Å². The van der Waals surface area contributed by atoms with Crippen molar-refractivity contribution in [3.05, 3.63) is 45.9 Å². The average molecular weight is 341 g/mol. The average Bonchev–Trinajstić information content (AvgIpc) is 2.80. The van der Waals surface area contributed by atoms with Gasteiger partial charge in [-0.25, -0.2) is 4.39 Å². The molecule has 1 heterocycles. The van der Waals surface area contributed by atoms with E-state index in [1.54, 1.807) is 4.68 Å². The number of aromatic nitrogens is 3. The molecule has 2 aromatic rings. The van der Waals surface area contributed by atoms with Gasteiger partial charge in [0.1, 0.15) is 5.82 Å². The number of hydrogen-bond donors (Lipinski definition) is 1. The standard InChI is InChI=1S/C14H18BrFN4/c1-3-6-17-14(8-11-9-20(2)19-18-11)12-5-4-10(15)7-13(12)16/h4-5,7,9,14,17H,3,6,8H2,1-2H3. The Labute approximate surface area is 126 Å². The number of nitrogens with one attached hydrogen (secondary N) is 1. The molecule has 0 radical (unpaired) electrons. The molecule has 0 amide bonds. The summed E-state index contributed by atoms with van der Waals surface area (Å²) < 4.78 is 16.5. The first-order chi connectivity index (χ1) is 9.60. The van der Waals surface area contributed by atoms with Crippen molar-refractivity contribution in [2.45, 2.75) is 25.8 Å². The first kappa shape index (κ1) is 15.1. The third kappa shape index (κ3) is 3.86. The van der Waals surface area contributed by atoms with Gasteiger partial charge in [0, 0.05) is 35.7 Å². The molecule has 0 aliphatic carbocycles. The van der Waals surface area contributed by atoms with Crippen molar-refractivity contribution in [3.8, 4) is 0 Å². The highest BCUT2D eigenvalue weighted by molar-refractivity contribution is 9.10. The zero-order chi connectivity index (χ0) is 14.5. The van der Waals surface area contributed by atoms with E-state index in [0.717, 1.165) is 23.1 Å². The topological polar surface area (TPSA) is 42.7 Å². The minimum Gasteiger partial charge on any atom is -0.310 e. The van der Waals surface area contributed by atoms with Crippen LogP contribution in [0.5, 0.6) is 0 Å². The maximum atomic E-state index is 14.1. The molecule has 1 atom stereocenters. The molecule has 0 aliphatic heterocycles. The highest BCUT2D eigenvalue weighted by Crippen LogP contribution is 2.23. The summed E-state index contributed by atoms with van der Waals surface area (Å²) >= 11 is 3.28. The second kappa shape index (κ2) is 6.95. The smallest absolute Gasteiger partial charge is 0.129 e. The van der Waals surface area contributed by atoms with Crippen molar-refractivity contribution in [1.82, 2.24) is 20.3 Å². The lowest BCUT2D eigenvalue weighted by Gasteiger charge is -2.18. The zero-order valence-corrected chi connectivity index (χ0v) is 13.2. The fraction of sp³-hybridized carbons (Fsp3) is 0.429. The Morgan fingerprint density at radius 3 is 2.85 bits per heavy atom. The van der Waals surface area contributed by atoms with E-state index in [1.165, 1.54) is 6.07 Å². The SMILES string of the molecule is CCCNC(Cc1cn(C)nn1)c1ccc(Br)cc1F. The number of halogens is 2. The third-order valence-electron chi connectivity index (χ3n) is 3.04. The molecule has 0 bridgehead atoms. The van der Waals surface area contributed by atoms with Crippen LogP contribution in [-0.4, -0.2) is 21.5 Å². The van der Waals surface area contributed by atoms with Crippen LogP contribution in [0.2, 0.25) is 0 Å². The van der Waals surface area contributed by atoms with Crippen LogP contribution in [0.15, 0.2) is 28.9 Å². The molecule has 0 saturated heterocycles. The Morgan fingerprint density at radius 1 is 1.45 bits per heavy atom. The van der Waals surface area contributed by atoms with Gasteiger partial charge >= 0.3 is 0 Å². The Bertz CT molecular complexity index is 570. The van der Waals surface area contributed by atoms with E-state index in [-0.39, 0.29) is 11.9 Å². The van der Waals surface area contributed by atoms with Gasteiger partial charge in [-0.15, -0.1) is 5.10 Å². The molecule has 4 nitrogen and oxygen atoms in total. The van der Waals surface area contributed by atoms with Crippen molar-refractivity contribution in [2.75, 3.05) is 6.54 Å². The van der Waals surface area contributed by atoms with Crippen molar-refractivity contribution in [1.29, 1.82) is 0 Å². The fourth-order valence-electron chi connectivity index (χ4n) is 2.09. The van der Waals surface area contributed by atoms with E-state index in [0.29, 0.717) is 12.0 Å². The monoisotopic (exact) mass is 340 g/mol. The summed E-state index contributed by atoms with van der Waals surface area (Å²) in [6, 6.07) is 5.06. The maximum absolute atomic E-state index is 14.1. The molecule has 2 rings (SSSR count). The van der Waals surface area contributed by atoms with Crippen LogP contribution in [0.4, 0.5) is 4.39 Å². The molecule has 1 N–H and O–H groups in total. The number of benzene rings is 1. The molecule has 0 saturated carbocycles. The quantitative estimate of drug-likeness (QED) is 0.878. The molecule has 1 aromatic heterocycles. The highest BCUT2D eigenvalue weighted by atomic mass is 79.9. The highest BCUT2D eigenvalue weighted by Gasteiger charge is 2.17. The molecule has 1 aromatic carbocycles. The lowest BCUT2D eigenvalue weighted by atomic mass is 10.0. The second-order valence-electron chi connectivity index (χ2n) is 4.76. The van der Waals surface area contributed by atoms with Gasteiger partial charge in [0.25, 0.3) is 0 Å². The second-order valence-corrected chi connectivity index (χ2v) is 5.68. The van der Waals surface area contributed by atoms with Crippen LogP contribution in [0.3, 0.4) is 0 Å². The molecule has 0 aliphatic rings. The summed E-state index contributed by atoms with van der Waals surface area (Å²) in [6.45, 7) is 2.92. The van der Waals surface area contributed by atoms with Gasteiger partial charge in [0.05, 0.1) is 5.69 Å². The van der Waals surface area contributed by atoms with Crippen molar-refractivity contribution in [3.63, 3.8) is 0 Å². The van der Waals surface area contributed by atoms with E-state index in [4.69, 9.17) is 0 Å².